The van der Waals surface area contributed by atoms with Crippen molar-refractivity contribution in [2.45, 2.75) is 103 Å². The molecule has 10 nitrogen and oxygen atoms in total. The molecule has 256 valence electrons. The van der Waals surface area contributed by atoms with Gasteiger partial charge in [0.15, 0.2) is 0 Å². The quantitative estimate of drug-likeness (QED) is 0.173. The van der Waals surface area contributed by atoms with Crippen LogP contribution in [-0.2, 0) is 9.47 Å². The summed E-state index contributed by atoms with van der Waals surface area (Å²) in [7, 11) is 0. The zero-order valence-electron chi connectivity index (χ0n) is 29.2. The molecule has 0 unspecified atom stereocenters. The molecule has 0 radical (unpaired) electrons. The third kappa shape index (κ3) is 7.00. The van der Waals surface area contributed by atoms with Crippen LogP contribution in [0.3, 0.4) is 0 Å². The van der Waals surface area contributed by atoms with Gasteiger partial charge in [0.2, 0.25) is 0 Å². The van der Waals surface area contributed by atoms with Crippen LogP contribution in [0.5, 0.6) is 0 Å². The number of likely N-dealkylation sites (tertiary alicyclic amines) is 1. The van der Waals surface area contributed by atoms with E-state index in [4.69, 9.17) is 14.5 Å². The van der Waals surface area contributed by atoms with Crippen molar-refractivity contribution in [2.75, 3.05) is 6.54 Å². The van der Waals surface area contributed by atoms with Gasteiger partial charge in [-0.05, 0) is 101 Å². The minimum absolute atomic E-state index is 0.0146. The molecule has 3 heterocycles. The van der Waals surface area contributed by atoms with E-state index in [1.807, 2.05) is 47.7 Å². The number of alkyl carbamates (subject to hydrolysis) is 1. The van der Waals surface area contributed by atoms with Crippen LogP contribution in [0.15, 0.2) is 60.8 Å². The zero-order chi connectivity index (χ0) is 34.5. The van der Waals surface area contributed by atoms with Gasteiger partial charge < -0.3 is 24.8 Å². The lowest BCUT2D eigenvalue weighted by Gasteiger charge is -2.27. The smallest absolute Gasteiger partial charge is 0.410 e. The first-order chi connectivity index (χ1) is 23.3. The van der Waals surface area contributed by atoms with Crippen LogP contribution in [0.4, 0.5) is 9.59 Å². The van der Waals surface area contributed by atoms with Gasteiger partial charge in [0.25, 0.3) is 0 Å². The summed E-state index contributed by atoms with van der Waals surface area (Å²) in [5.41, 5.74) is 5.04. The number of H-pyrrole nitrogens is 2. The normalized spacial score (nSPS) is 19.9. The summed E-state index contributed by atoms with van der Waals surface area (Å²) in [5, 5.41) is 5.29. The molecule has 0 bridgehead atoms. The number of hydrogen-bond donors (Lipinski definition) is 3. The molecule has 1 saturated heterocycles. The molecule has 49 heavy (non-hydrogen) atoms. The highest BCUT2D eigenvalue weighted by Gasteiger charge is 2.35. The Morgan fingerprint density at radius 1 is 0.816 bits per heavy atom. The number of aromatic nitrogens is 4. The predicted molar refractivity (Wildman–Crippen MR) is 191 cm³/mol. The highest BCUT2D eigenvalue weighted by Crippen LogP contribution is 2.37. The van der Waals surface area contributed by atoms with Crippen LogP contribution in [0.25, 0.3) is 44.2 Å². The molecule has 1 saturated carbocycles. The number of ether oxygens (including phenoxy) is 2. The van der Waals surface area contributed by atoms with E-state index in [1.54, 1.807) is 4.90 Å². The van der Waals surface area contributed by atoms with Crippen molar-refractivity contribution in [1.82, 2.24) is 30.2 Å². The Labute approximate surface area is 287 Å². The molecular weight excluding hydrogens is 616 g/mol. The number of fused-ring (bicyclic) bond motifs is 3. The van der Waals surface area contributed by atoms with Gasteiger partial charge in [-0.3, -0.25) is 4.90 Å². The average molecular weight is 663 g/mol. The van der Waals surface area contributed by atoms with Gasteiger partial charge in [0.05, 0.1) is 29.0 Å². The second-order valence-corrected chi connectivity index (χ2v) is 15.4. The van der Waals surface area contributed by atoms with E-state index < -0.39 is 11.2 Å². The van der Waals surface area contributed by atoms with E-state index in [9.17, 15) is 9.59 Å². The number of aromatic amines is 2. The number of hydrogen-bond acceptors (Lipinski definition) is 6. The summed E-state index contributed by atoms with van der Waals surface area (Å²) < 4.78 is 11.2. The molecule has 2 amide bonds. The molecule has 0 spiro atoms. The maximum atomic E-state index is 12.8. The Morgan fingerprint density at radius 3 is 2.31 bits per heavy atom. The Balaban J connectivity index is 1.07. The molecule has 3 N–H and O–H groups in total. The van der Waals surface area contributed by atoms with Crippen LogP contribution in [-0.4, -0.2) is 60.8 Å². The summed E-state index contributed by atoms with van der Waals surface area (Å²) in [5.74, 6) is 1.81. The summed E-state index contributed by atoms with van der Waals surface area (Å²) in [6.45, 7) is 12.0. The minimum atomic E-state index is -0.539. The number of rotatable bonds is 5. The van der Waals surface area contributed by atoms with Crippen molar-refractivity contribution in [2.24, 2.45) is 0 Å². The van der Waals surface area contributed by atoms with Crippen molar-refractivity contribution < 1.29 is 19.1 Å². The monoisotopic (exact) mass is 662 g/mol. The van der Waals surface area contributed by atoms with E-state index >= 15 is 0 Å². The minimum Gasteiger partial charge on any atom is -0.444 e. The Kier molecular flexibility index (Phi) is 8.37. The van der Waals surface area contributed by atoms with Gasteiger partial charge in [0.1, 0.15) is 22.9 Å². The van der Waals surface area contributed by atoms with Crippen LogP contribution >= 0.6 is 0 Å². The van der Waals surface area contributed by atoms with Gasteiger partial charge in [0, 0.05) is 23.9 Å². The fourth-order valence-electron chi connectivity index (χ4n) is 7.18. The lowest BCUT2D eigenvalue weighted by atomic mass is 9.99. The second kappa shape index (κ2) is 12.5. The van der Waals surface area contributed by atoms with Crippen molar-refractivity contribution >= 4 is 34.0 Å². The van der Waals surface area contributed by atoms with E-state index in [1.165, 1.54) is 0 Å². The van der Waals surface area contributed by atoms with Crippen LogP contribution in [0.2, 0.25) is 0 Å². The zero-order valence-corrected chi connectivity index (χ0v) is 29.2. The number of amides is 2. The highest BCUT2D eigenvalue weighted by atomic mass is 16.6. The predicted octanol–water partition coefficient (Wildman–Crippen LogP) is 9.01. The van der Waals surface area contributed by atoms with Gasteiger partial charge in [-0.2, -0.15) is 0 Å². The molecule has 3 aromatic carbocycles. The first-order valence-corrected chi connectivity index (χ1v) is 17.4. The number of carbonyl (C=O) groups is 2. The number of nitrogens with zero attached hydrogens (tertiary/aromatic N) is 3. The average Bonchev–Trinajstić information content (AvgIpc) is 3.84. The first kappa shape index (κ1) is 32.7. The third-order valence-electron chi connectivity index (χ3n) is 9.38. The molecule has 2 fully saturated rings. The Morgan fingerprint density at radius 2 is 1.55 bits per heavy atom. The molecule has 1 aliphatic carbocycles. The molecule has 10 heteroatoms. The van der Waals surface area contributed by atoms with Gasteiger partial charge in [-0.15, -0.1) is 0 Å². The SMILES string of the molecule is CC(C)(C)OC(=O)N[C@H]1CCC[C@@H]1c1nc2c(ccc3cc(-c4ccc(-c5cnc([C@@H]6CCCN6C(=O)OC(C)(C)C)[nH]5)cc4)ccc32)[nH]1. The van der Waals surface area contributed by atoms with Crippen LogP contribution in [0, 0.1) is 0 Å². The van der Waals surface area contributed by atoms with Gasteiger partial charge in [-0.25, -0.2) is 19.6 Å². The van der Waals surface area contributed by atoms with E-state index in [-0.39, 0.29) is 30.2 Å². The standard InChI is InChI=1S/C39H46N6O4/c1-38(2,3)48-36(46)43-29-10-7-9-28(29)34-41-30-19-17-26-21-25(16-18-27(26)33(30)44-34)23-12-14-24(15-13-23)31-22-40-35(42-31)32-11-8-20-45(32)37(47)49-39(4,5)6/h12-19,21-22,28-29,32H,7-11,20H2,1-6H3,(H,40,42)(H,41,44)(H,43,46)/t28-,29-,32-/m0/s1. The first-order valence-electron chi connectivity index (χ1n) is 17.4. The molecular formula is C39H46N6O4. The molecule has 2 aliphatic rings. The van der Waals surface area contributed by atoms with Gasteiger partial charge >= 0.3 is 12.2 Å². The fourth-order valence-corrected chi connectivity index (χ4v) is 7.18. The largest absolute Gasteiger partial charge is 0.444 e. The van der Waals surface area contributed by atoms with Crippen molar-refractivity contribution in [1.29, 1.82) is 0 Å². The lowest BCUT2D eigenvalue weighted by Crippen LogP contribution is -2.40. The summed E-state index contributed by atoms with van der Waals surface area (Å²) >= 11 is 0. The Hall–Kier alpha value is -4.86. The van der Waals surface area contributed by atoms with Gasteiger partial charge in [-0.1, -0.05) is 48.9 Å². The lowest BCUT2D eigenvalue weighted by molar-refractivity contribution is 0.0218. The fraction of sp³-hybridized carbons (Fsp3) is 0.436. The topological polar surface area (TPSA) is 125 Å². The van der Waals surface area contributed by atoms with E-state index in [0.29, 0.717) is 6.54 Å². The number of benzene rings is 3. The maximum Gasteiger partial charge on any atom is 0.410 e. The van der Waals surface area contributed by atoms with Crippen molar-refractivity contribution in [3.8, 4) is 22.4 Å². The van der Waals surface area contributed by atoms with Crippen LogP contribution in [0.1, 0.15) is 97.3 Å². The highest BCUT2D eigenvalue weighted by molar-refractivity contribution is 6.05. The summed E-state index contributed by atoms with van der Waals surface area (Å²) in [6, 6.07) is 19.1. The number of carbonyl (C=O) groups excluding carboxylic acids is 2. The molecule has 7 rings (SSSR count). The summed E-state index contributed by atoms with van der Waals surface area (Å²) in [6.07, 6.45) is 5.83. The number of imidazole rings is 2. The molecule has 5 aromatic rings. The number of nitrogens with one attached hydrogen (secondary N) is 3. The molecule has 1 aliphatic heterocycles. The third-order valence-corrected chi connectivity index (χ3v) is 9.38. The van der Waals surface area contributed by atoms with E-state index in [2.05, 4.69) is 74.9 Å². The Bertz CT molecular complexity index is 2000. The van der Waals surface area contributed by atoms with E-state index in [0.717, 1.165) is 87.9 Å². The second-order valence-electron chi connectivity index (χ2n) is 15.4. The molecule has 3 atom stereocenters. The summed E-state index contributed by atoms with van der Waals surface area (Å²) in [4.78, 5) is 43.9. The maximum absolute atomic E-state index is 12.8. The van der Waals surface area contributed by atoms with Crippen molar-refractivity contribution in [3.63, 3.8) is 0 Å². The van der Waals surface area contributed by atoms with Crippen LogP contribution < -0.4 is 5.32 Å². The molecule has 2 aromatic heterocycles. The van der Waals surface area contributed by atoms with Crippen molar-refractivity contribution in [3.05, 3.63) is 72.4 Å².